The van der Waals surface area contributed by atoms with Crippen LogP contribution in [0.2, 0.25) is 0 Å². The monoisotopic (exact) mass is 248 g/mol. The van der Waals surface area contributed by atoms with Crippen LogP contribution in [-0.2, 0) is 27.5 Å². The van der Waals surface area contributed by atoms with Crippen molar-refractivity contribution in [2.75, 3.05) is 0 Å². The Balaban J connectivity index is 2.84. The molecule has 5 heteroatoms. The summed E-state index contributed by atoms with van der Waals surface area (Å²) in [6.07, 6.45) is 2.67. The second-order valence-electron chi connectivity index (χ2n) is 3.64. The molecule has 0 fully saturated rings. The maximum absolute atomic E-state index is 11.0. The van der Waals surface area contributed by atoms with Gasteiger partial charge >= 0.3 is 0 Å². The van der Waals surface area contributed by atoms with Gasteiger partial charge in [0.05, 0.1) is 5.69 Å². The van der Waals surface area contributed by atoms with Crippen LogP contribution in [-0.4, -0.2) is 12.0 Å². The average molecular weight is 248 g/mol. The normalized spacial score (nSPS) is 9.67. The molecule has 0 unspecified atom stereocenters. The first kappa shape index (κ1) is 14.1. The number of aryl methyl sites for hydroxylation is 1. The minimum atomic E-state index is -0.190. The highest BCUT2D eigenvalue weighted by Gasteiger charge is 2.08. The van der Waals surface area contributed by atoms with Crippen LogP contribution in [0.15, 0.2) is 23.2 Å². The van der Waals surface area contributed by atoms with Gasteiger partial charge in [-0.2, -0.15) is 4.99 Å². The quantitative estimate of drug-likeness (QED) is 0.476. The summed E-state index contributed by atoms with van der Waals surface area (Å²) in [7, 11) is 0. The van der Waals surface area contributed by atoms with Gasteiger partial charge in [0.1, 0.15) is 6.61 Å². The average Bonchev–Trinajstić information content (AvgIpc) is 2.40. The summed E-state index contributed by atoms with van der Waals surface area (Å²) < 4.78 is 0. The van der Waals surface area contributed by atoms with Crippen molar-refractivity contribution in [3.8, 4) is 0 Å². The van der Waals surface area contributed by atoms with Crippen LogP contribution in [0.5, 0.6) is 0 Å². The number of rotatable bonds is 6. The fourth-order valence-corrected chi connectivity index (χ4v) is 1.53. The van der Waals surface area contributed by atoms with Gasteiger partial charge in [-0.1, -0.05) is 26.0 Å². The van der Waals surface area contributed by atoms with E-state index in [1.54, 1.807) is 13.0 Å². The maximum atomic E-state index is 11.0. The molecule has 0 aromatic heterocycles. The molecule has 0 aliphatic heterocycles. The smallest absolute Gasteiger partial charge is 0.243 e. The van der Waals surface area contributed by atoms with E-state index >= 15 is 0 Å². The van der Waals surface area contributed by atoms with Gasteiger partial charge in [0.25, 0.3) is 0 Å². The predicted octanol–water partition coefficient (Wildman–Crippen LogP) is 2.17. The Morgan fingerprint density at radius 1 is 1.44 bits per heavy atom. The van der Waals surface area contributed by atoms with E-state index in [9.17, 15) is 9.59 Å². The molecule has 0 atom stereocenters. The molecule has 0 bridgehead atoms. The number of isocyanates is 1. The maximum Gasteiger partial charge on any atom is 0.243 e. The molecule has 1 rings (SSSR count). The highest BCUT2D eigenvalue weighted by Crippen LogP contribution is 2.23. The van der Waals surface area contributed by atoms with Gasteiger partial charge < -0.3 is 0 Å². The van der Waals surface area contributed by atoms with E-state index in [2.05, 4.69) is 10.5 Å². The van der Waals surface area contributed by atoms with Crippen LogP contribution in [0.1, 0.15) is 31.4 Å². The Labute approximate surface area is 106 Å². The second kappa shape index (κ2) is 7.37. The zero-order valence-electron chi connectivity index (χ0n) is 10.5. The van der Waals surface area contributed by atoms with Crippen molar-refractivity contribution in [1.82, 2.24) is 5.48 Å². The van der Waals surface area contributed by atoms with Crippen LogP contribution in [0.3, 0.4) is 0 Å². The van der Waals surface area contributed by atoms with Crippen molar-refractivity contribution >= 4 is 17.7 Å². The molecule has 0 aliphatic carbocycles. The van der Waals surface area contributed by atoms with Crippen molar-refractivity contribution in [2.24, 2.45) is 4.99 Å². The molecule has 0 heterocycles. The van der Waals surface area contributed by atoms with E-state index in [0.29, 0.717) is 12.1 Å². The van der Waals surface area contributed by atoms with Gasteiger partial charge in [0.2, 0.25) is 12.0 Å². The van der Waals surface area contributed by atoms with E-state index in [1.165, 1.54) is 6.08 Å². The van der Waals surface area contributed by atoms with Gasteiger partial charge in [0, 0.05) is 12.0 Å². The van der Waals surface area contributed by atoms with E-state index in [4.69, 9.17) is 4.84 Å². The Morgan fingerprint density at radius 3 is 2.83 bits per heavy atom. The summed E-state index contributed by atoms with van der Waals surface area (Å²) in [6, 6.07) is 5.47. The van der Waals surface area contributed by atoms with Crippen LogP contribution in [0.25, 0.3) is 0 Å². The van der Waals surface area contributed by atoms with Crippen molar-refractivity contribution in [1.29, 1.82) is 0 Å². The van der Waals surface area contributed by atoms with E-state index < -0.39 is 0 Å². The van der Waals surface area contributed by atoms with Gasteiger partial charge in [-0.15, -0.1) is 0 Å². The Morgan fingerprint density at radius 2 is 2.22 bits per heavy atom. The van der Waals surface area contributed by atoms with Crippen LogP contribution < -0.4 is 5.48 Å². The fraction of sp³-hybridized carbons (Fsp3) is 0.385. The van der Waals surface area contributed by atoms with E-state index in [0.717, 1.165) is 17.5 Å². The molecule has 0 saturated heterocycles. The van der Waals surface area contributed by atoms with Crippen molar-refractivity contribution in [2.45, 2.75) is 33.3 Å². The number of hydrogen-bond donors (Lipinski definition) is 1. The second-order valence-corrected chi connectivity index (χ2v) is 3.64. The van der Waals surface area contributed by atoms with Crippen molar-refractivity contribution in [3.05, 3.63) is 29.3 Å². The first-order chi connectivity index (χ1) is 8.72. The number of nitrogens with zero attached hydrogens (tertiary/aromatic N) is 1. The lowest BCUT2D eigenvalue weighted by molar-refractivity contribution is -0.134. The summed E-state index contributed by atoms with van der Waals surface area (Å²) in [5.41, 5.74) is 4.66. The Bertz CT molecular complexity index is 465. The largest absolute Gasteiger partial charge is 0.273 e. The number of carbonyl (C=O) groups excluding carboxylic acids is 2. The molecule has 5 nitrogen and oxygen atoms in total. The summed E-state index contributed by atoms with van der Waals surface area (Å²) in [6.45, 7) is 3.91. The third-order valence-electron chi connectivity index (χ3n) is 2.52. The number of hydrogen-bond acceptors (Lipinski definition) is 4. The zero-order valence-corrected chi connectivity index (χ0v) is 10.5. The van der Waals surface area contributed by atoms with E-state index in [-0.39, 0.29) is 12.5 Å². The molecule has 0 saturated carbocycles. The van der Waals surface area contributed by atoms with Crippen LogP contribution in [0.4, 0.5) is 5.69 Å². The number of nitrogens with one attached hydrogen (secondary N) is 1. The molecule has 18 heavy (non-hydrogen) atoms. The number of hydroxylamine groups is 1. The SMILES string of the molecule is CCC(=O)NOCc1c(CC)cccc1N=C=O. The zero-order chi connectivity index (χ0) is 13.4. The first-order valence-corrected chi connectivity index (χ1v) is 5.82. The molecule has 0 radical (unpaired) electrons. The molecule has 1 N–H and O–H groups in total. The molecule has 0 spiro atoms. The van der Waals surface area contributed by atoms with Crippen LogP contribution in [0, 0.1) is 0 Å². The van der Waals surface area contributed by atoms with Gasteiger partial charge in [-0.3, -0.25) is 9.63 Å². The third kappa shape index (κ3) is 3.80. The lowest BCUT2D eigenvalue weighted by Gasteiger charge is -2.10. The molecule has 1 aromatic rings. The molecule has 96 valence electrons. The van der Waals surface area contributed by atoms with Crippen molar-refractivity contribution in [3.63, 3.8) is 0 Å². The highest BCUT2D eigenvalue weighted by atomic mass is 16.6. The summed E-state index contributed by atoms with van der Waals surface area (Å²) in [5, 5.41) is 0. The van der Waals surface area contributed by atoms with Crippen molar-refractivity contribution < 1.29 is 14.4 Å². The molecule has 1 amide bonds. The number of benzene rings is 1. The Kier molecular flexibility index (Phi) is 5.77. The number of amides is 1. The third-order valence-corrected chi connectivity index (χ3v) is 2.52. The number of carbonyl (C=O) groups is 1. The summed E-state index contributed by atoms with van der Waals surface area (Å²) in [4.78, 5) is 30.1. The minimum Gasteiger partial charge on any atom is -0.273 e. The van der Waals surface area contributed by atoms with Gasteiger partial charge in [0.15, 0.2) is 0 Å². The summed E-state index contributed by atoms with van der Waals surface area (Å²) in [5.74, 6) is -0.190. The first-order valence-electron chi connectivity index (χ1n) is 5.82. The highest BCUT2D eigenvalue weighted by molar-refractivity contribution is 5.74. The predicted molar refractivity (Wildman–Crippen MR) is 66.8 cm³/mol. The van der Waals surface area contributed by atoms with E-state index in [1.807, 2.05) is 19.1 Å². The molecule has 0 aliphatic rings. The molecular weight excluding hydrogens is 232 g/mol. The standard InChI is InChI=1S/C13H16N2O3/c1-3-10-6-5-7-12(14-9-16)11(10)8-18-15-13(17)4-2/h5-7H,3-4,8H2,1-2H3,(H,15,17). The molecular formula is C13H16N2O3. The van der Waals surface area contributed by atoms with Gasteiger partial charge in [-0.25, -0.2) is 10.3 Å². The minimum absolute atomic E-state index is 0.177. The summed E-state index contributed by atoms with van der Waals surface area (Å²) >= 11 is 0. The van der Waals surface area contributed by atoms with Gasteiger partial charge in [-0.05, 0) is 18.1 Å². The lowest BCUT2D eigenvalue weighted by atomic mass is 10.0. The lowest BCUT2D eigenvalue weighted by Crippen LogP contribution is -2.22. The molecule has 1 aromatic carbocycles. The van der Waals surface area contributed by atoms with Crippen LogP contribution >= 0.6 is 0 Å². The topological polar surface area (TPSA) is 67.8 Å². The Hall–Kier alpha value is -1.97. The fourth-order valence-electron chi connectivity index (χ4n) is 1.53. The number of aliphatic imine (C=N–C) groups is 1.